The van der Waals surface area contributed by atoms with Crippen LogP contribution in [-0.4, -0.2) is 9.95 Å². The number of hydrogen-bond donors (Lipinski definition) is 1. The zero-order valence-corrected chi connectivity index (χ0v) is 9.11. The minimum atomic E-state index is -0.223. The molecule has 0 saturated carbocycles. The zero-order chi connectivity index (χ0) is 8.97. The number of thiocarbonyl (C=S) groups is 1. The van der Waals surface area contributed by atoms with Gasteiger partial charge >= 0.3 is 0 Å². The van der Waals surface area contributed by atoms with Gasteiger partial charge in [-0.05, 0) is 22.3 Å². The average molecular weight is 198 g/mol. The molecule has 1 aromatic carbocycles. The van der Waals surface area contributed by atoms with Gasteiger partial charge in [-0.25, -0.2) is 0 Å². The van der Waals surface area contributed by atoms with Gasteiger partial charge in [0.2, 0.25) is 0 Å². The van der Waals surface area contributed by atoms with E-state index < -0.39 is 0 Å². The minimum Gasteiger partial charge on any atom is -0.194 e. The normalized spacial score (nSPS) is 14.4. The smallest absolute Gasteiger partial charge is 0.0188 e. The molecule has 0 aliphatic rings. The van der Waals surface area contributed by atoms with Gasteiger partial charge in [0.25, 0.3) is 0 Å². The maximum absolute atomic E-state index is 5.04. The van der Waals surface area contributed by atoms with E-state index in [1.807, 2.05) is 10.8 Å². The van der Waals surface area contributed by atoms with Crippen LogP contribution in [0.25, 0.3) is 0 Å². The predicted octanol–water partition coefficient (Wildman–Crippen LogP) is 3.41. The molecule has 0 aliphatic heterocycles. The van der Waals surface area contributed by atoms with E-state index in [4.69, 9.17) is 12.2 Å². The van der Waals surface area contributed by atoms with Crippen LogP contribution in [0.15, 0.2) is 35.2 Å². The van der Waals surface area contributed by atoms with Crippen LogP contribution in [0.2, 0.25) is 0 Å². The number of hydrogen-bond acceptors (Lipinski definition) is 1. The fourth-order valence-electron chi connectivity index (χ4n) is 1.08. The third-order valence-corrected chi connectivity index (χ3v) is 4.64. The van der Waals surface area contributed by atoms with Crippen molar-refractivity contribution >= 4 is 27.8 Å². The van der Waals surface area contributed by atoms with Crippen LogP contribution in [0, 0.1) is 0 Å². The van der Waals surface area contributed by atoms with E-state index in [-0.39, 0.29) is 10.9 Å². The third-order valence-electron chi connectivity index (χ3n) is 1.72. The van der Waals surface area contributed by atoms with Crippen molar-refractivity contribution in [3.05, 3.63) is 30.3 Å². The van der Waals surface area contributed by atoms with Gasteiger partial charge in [-0.15, -0.1) is 0 Å². The standard InChI is InChI=1S/C10H14S2/c1-9(2)12(8-11)10-6-4-3-5-7-10/h3-9,12H,1-2H3. The summed E-state index contributed by atoms with van der Waals surface area (Å²) in [6, 6.07) is 10.5. The Morgan fingerprint density at radius 3 is 2.25 bits per heavy atom. The van der Waals surface area contributed by atoms with Gasteiger partial charge in [0.05, 0.1) is 0 Å². The van der Waals surface area contributed by atoms with Gasteiger partial charge in [-0.1, -0.05) is 44.3 Å². The van der Waals surface area contributed by atoms with Crippen molar-refractivity contribution in [3.8, 4) is 0 Å². The van der Waals surface area contributed by atoms with E-state index in [0.29, 0.717) is 5.25 Å². The van der Waals surface area contributed by atoms with Gasteiger partial charge in [-0.3, -0.25) is 0 Å². The average Bonchev–Trinajstić information content (AvgIpc) is 2.07. The van der Waals surface area contributed by atoms with Crippen molar-refractivity contribution in [2.75, 3.05) is 0 Å². The van der Waals surface area contributed by atoms with Crippen molar-refractivity contribution in [2.24, 2.45) is 0 Å². The van der Waals surface area contributed by atoms with Gasteiger partial charge < -0.3 is 0 Å². The van der Waals surface area contributed by atoms with Crippen LogP contribution >= 0.6 is 23.1 Å². The highest BCUT2D eigenvalue weighted by Crippen LogP contribution is 2.37. The molecule has 0 fully saturated rings. The molecule has 1 unspecified atom stereocenters. The molecule has 0 radical (unpaired) electrons. The SMILES string of the molecule is CC(C)[SH](C=S)c1ccccc1. The molecule has 0 heterocycles. The summed E-state index contributed by atoms with van der Waals surface area (Å²) in [6.45, 7) is 4.45. The highest BCUT2D eigenvalue weighted by molar-refractivity contribution is 8.34. The Hall–Kier alpha value is -0.340. The second kappa shape index (κ2) is 4.63. The van der Waals surface area contributed by atoms with Gasteiger partial charge in [-0.2, -0.15) is 10.9 Å². The van der Waals surface area contributed by atoms with Crippen LogP contribution in [0.4, 0.5) is 0 Å². The Morgan fingerprint density at radius 1 is 1.25 bits per heavy atom. The highest BCUT2D eigenvalue weighted by atomic mass is 32.2. The molecule has 66 valence electrons. The second-order valence-electron chi connectivity index (χ2n) is 2.94. The largest absolute Gasteiger partial charge is 0.194 e. The summed E-state index contributed by atoms with van der Waals surface area (Å²) in [5.74, 6) is 0. The van der Waals surface area contributed by atoms with Crippen LogP contribution in [0.1, 0.15) is 13.8 Å². The van der Waals surface area contributed by atoms with Crippen molar-refractivity contribution in [1.29, 1.82) is 0 Å². The summed E-state index contributed by atoms with van der Waals surface area (Å²) in [6.07, 6.45) is 0. The van der Waals surface area contributed by atoms with E-state index >= 15 is 0 Å². The number of benzene rings is 1. The number of thiol groups is 1. The summed E-state index contributed by atoms with van der Waals surface area (Å²) in [7, 11) is -0.223. The lowest BCUT2D eigenvalue weighted by Gasteiger charge is -2.20. The molecule has 2 heteroatoms. The fraction of sp³-hybridized carbons (Fsp3) is 0.300. The number of rotatable bonds is 3. The first kappa shape index (κ1) is 9.75. The molecule has 0 amide bonds. The maximum atomic E-state index is 5.04. The minimum absolute atomic E-state index is 0.223. The van der Waals surface area contributed by atoms with Crippen molar-refractivity contribution in [2.45, 2.75) is 24.0 Å². The molecule has 0 aliphatic carbocycles. The Morgan fingerprint density at radius 2 is 1.83 bits per heavy atom. The van der Waals surface area contributed by atoms with Crippen molar-refractivity contribution in [1.82, 2.24) is 0 Å². The second-order valence-corrected chi connectivity index (χ2v) is 6.15. The summed E-state index contributed by atoms with van der Waals surface area (Å²) in [5, 5.41) is 0.653. The van der Waals surface area contributed by atoms with Crippen molar-refractivity contribution < 1.29 is 0 Å². The van der Waals surface area contributed by atoms with Gasteiger partial charge in [0.1, 0.15) is 0 Å². The third kappa shape index (κ3) is 2.32. The van der Waals surface area contributed by atoms with Crippen LogP contribution < -0.4 is 0 Å². The Balaban J connectivity index is 2.88. The maximum Gasteiger partial charge on any atom is 0.0188 e. The Bertz CT molecular complexity index is 241. The first-order valence-corrected chi connectivity index (χ1v) is 5.99. The van der Waals surface area contributed by atoms with E-state index in [9.17, 15) is 0 Å². The molecule has 0 nitrogen and oxygen atoms in total. The molecule has 0 N–H and O–H groups in total. The summed E-state index contributed by atoms with van der Waals surface area (Å²) in [5.41, 5.74) is 0. The lowest BCUT2D eigenvalue weighted by molar-refractivity contribution is 1.10. The summed E-state index contributed by atoms with van der Waals surface area (Å²) in [4.78, 5) is 1.39. The summed E-state index contributed by atoms with van der Waals surface area (Å²) < 4.78 is 1.93. The lowest BCUT2D eigenvalue weighted by Crippen LogP contribution is -1.97. The lowest BCUT2D eigenvalue weighted by atomic mass is 10.4. The van der Waals surface area contributed by atoms with Gasteiger partial charge in [0.15, 0.2) is 0 Å². The Kier molecular flexibility index (Phi) is 3.76. The monoisotopic (exact) mass is 198 g/mol. The first-order valence-electron chi connectivity index (χ1n) is 4.04. The molecular weight excluding hydrogens is 184 g/mol. The van der Waals surface area contributed by atoms with Crippen LogP contribution in [-0.2, 0) is 0 Å². The highest BCUT2D eigenvalue weighted by Gasteiger charge is 2.06. The Labute approximate surface area is 82.3 Å². The first-order chi connectivity index (χ1) is 5.75. The van der Waals surface area contributed by atoms with Crippen LogP contribution in [0.3, 0.4) is 0 Å². The van der Waals surface area contributed by atoms with E-state index in [1.165, 1.54) is 4.90 Å². The molecular formula is C10H14S2. The molecule has 0 bridgehead atoms. The summed E-state index contributed by atoms with van der Waals surface area (Å²) >= 11 is 5.04. The topological polar surface area (TPSA) is 0 Å². The fourth-order valence-corrected chi connectivity index (χ4v) is 3.65. The molecule has 1 rings (SSSR count). The molecule has 1 aromatic rings. The molecule has 0 saturated heterocycles. The quantitative estimate of drug-likeness (QED) is 0.573. The van der Waals surface area contributed by atoms with Crippen molar-refractivity contribution in [3.63, 3.8) is 0 Å². The van der Waals surface area contributed by atoms with Gasteiger partial charge in [0, 0.05) is 4.70 Å². The van der Waals surface area contributed by atoms with Crippen LogP contribution in [0.5, 0.6) is 0 Å². The van der Waals surface area contributed by atoms with E-state index in [0.717, 1.165) is 0 Å². The predicted molar refractivity (Wildman–Crippen MR) is 62.5 cm³/mol. The molecule has 0 spiro atoms. The van der Waals surface area contributed by atoms with E-state index in [1.54, 1.807) is 0 Å². The molecule has 1 atom stereocenters. The van der Waals surface area contributed by atoms with E-state index in [2.05, 4.69) is 38.1 Å². The molecule has 0 aromatic heterocycles. The molecule has 12 heavy (non-hydrogen) atoms. The zero-order valence-electron chi connectivity index (χ0n) is 7.40.